The van der Waals surface area contributed by atoms with E-state index in [0.29, 0.717) is 0 Å². The van der Waals surface area contributed by atoms with Crippen LogP contribution in [0.15, 0.2) is 24.3 Å². The number of rotatable bonds is 5. The molecule has 0 spiro atoms. The van der Waals surface area contributed by atoms with E-state index in [1.807, 2.05) is 0 Å². The van der Waals surface area contributed by atoms with Gasteiger partial charge in [-0.05, 0) is 17.7 Å². The average molecular weight is 273 g/mol. The van der Waals surface area contributed by atoms with Crippen molar-refractivity contribution < 1.29 is 31.1 Å². The number of benzene rings is 1. The highest BCUT2D eigenvalue weighted by atomic mass is 19.3. The Bertz CT molecular complexity index is 398. The molecule has 0 aliphatic carbocycles. The Morgan fingerprint density at radius 1 is 1.11 bits per heavy atom. The van der Waals surface area contributed by atoms with Crippen molar-refractivity contribution in [3.05, 3.63) is 29.8 Å². The maximum absolute atomic E-state index is 12.6. The van der Waals surface area contributed by atoms with E-state index in [1.165, 1.54) is 0 Å². The van der Waals surface area contributed by atoms with Crippen LogP contribution in [0.4, 0.5) is 26.3 Å². The molecule has 1 atom stereocenters. The lowest BCUT2D eigenvalue weighted by Crippen LogP contribution is -2.33. The van der Waals surface area contributed by atoms with Gasteiger partial charge in [0.05, 0.1) is 6.04 Å². The van der Waals surface area contributed by atoms with E-state index in [9.17, 15) is 26.3 Å². The summed E-state index contributed by atoms with van der Waals surface area (Å²) in [6.45, 7) is 0. The molecule has 1 rings (SSSR count). The van der Waals surface area contributed by atoms with Crippen LogP contribution in [0.3, 0.4) is 0 Å². The zero-order valence-electron chi connectivity index (χ0n) is 8.79. The van der Waals surface area contributed by atoms with Crippen LogP contribution in [0.5, 0.6) is 5.75 Å². The Balaban J connectivity index is 2.89. The Morgan fingerprint density at radius 3 is 2.22 bits per heavy atom. The SMILES string of the molecule is N[C@@H](c1cccc(OC(F)(F)C(F)F)c1)C(F)F. The van der Waals surface area contributed by atoms with Gasteiger partial charge in [-0.1, -0.05) is 12.1 Å². The van der Waals surface area contributed by atoms with Crippen molar-refractivity contribution in [1.82, 2.24) is 0 Å². The molecule has 0 unspecified atom stereocenters. The van der Waals surface area contributed by atoms with Crippen molar-refractivity contribution in [2.24, 2.45) is 5.73 Å². The first kappa shape index (κ1) is 14.6. The normalized spacial score (nSPS) is 14.1. The second-order valence-corrected chi connectivity index (χ2v) is 3.40. The van der Waals surface area contributed by atoms with Gasteiger partial charge < -0.3 is 10.5 Å². The molecule has 0 aliphatic rings. The molecular weight excluding hydrogens is 264 g/mol. The number of alkyl halides is 6. The highest BCUT2D eigenvalue weighted by molar-refractivity contribution is 5.31. The Labute approximate surface area is 98.3 Å². The first-order valence-electron chi connectivity index (χ1n) is 4.72. The molecule has 0 aromatic heterocycles. The molecule has 0 bridgehead atoms. The number of halogens is 6. The first-order valence-corrected chi connectivity index (χ1v) is 4.72. The van der Waals surface area contributed by atoms with Crippen LogP contribution in [0, 0.1) is 0 Å². The van der Waals surface area contributed by atoms with Crippen molar-refractivity contribution in [2.75, 3.05) is 0 Å². The van der Waals surface area contributed by atoms with E-state index in [1.54, 1.807) is 0 Å². The number of nitrogens with two attached hydrogens (primary N) is 1. The molecule has 0 saturated carbocycles. The Hall–Kier alpha value is -1.44. The number of hydrogen-bond donors (Lipinski definition) is 1. The van der Waals surface area contributed by atoms with Crippen LogP contribution < -0.4 is 10.5 Å². The quantitative estimate of drug-likeness (QED) is 0.836. The van der Waals surface area contributed by atoms with Crippen LogP contribution in [0.1, 0.15) is 11.6 Å². The van der Waals surface area contributed by atoms with Gasteiger partial charge in [0.25, 0.3) is 6.43 Å². The molecule has 1 aromatic rings. The monoisotopic (exact) mass is 273 g/mol. The van der Waals surface area contributed by atoms with E-state index in [2.05, 4.69) is 4.74 Å². The third-order valence-electron chi connectivity index (χ3n) is 2.02. The van der Waals surface area contributed by atoms with Crippen molar-refractivity contribution >= 4 is 0 Å². The van der Waals surface area contributed by atoms with E-state index < -0.39 is 30.8 Å². The van der Waals surface area contributed by atoms with Crippen LogP contribution in [-0.2, 0) is 0 Å². The van der Waals surface area contributed by atoms with Gasteiger partial charge in [-0.15, -0.1) is 0 Å². The molecule has 0 radical (unpaired) electrons. The maximum atomic E-state index is 12.6. The van der Waals surface area contributed by atoms with Crippen molar-refractivity contribution in [3.8, 4) is 5.75 Å². The molecular formula is C10H9F6NO. The Morgan fingerprint density at radius 2 is 1.72 bits per heavy atom. The van der Waals surface area contributed by atoms with Gasteiger partial charge in [0.2, 0.25) is 0 Å². The Kier molecular flexibility index (Phi) is 4.44. The van der Waals surface area contributed by atoms with Crippen LogP contribution in [0.25, 0.3) is 0 Å². The van der Waals surface area contributed by atoms with Crippen LogP contribution in [-0.4, -0.2) is 19.0 Å². The minimum absolute atomic E-state index is 0.187. The molecule has 0 amide bonds. The van der Waals surface area contributed by atoms with E-state index in [0.717, 1.165) is 24.3 Å². The van der Waals surface area contributed by atoms with Crippen molar-refractivity contribution in [2.45, 2.75) is 25.0 Å². The minimum Gasteiger partial charge on any atom is -0.428 e. The molecule has 1 aromatic carbocycles. The summed E-state index contributed by atoms with van der Waals surface area (Å²) in [7, 11) is 0. The third kappa shape index (κ3) is 3.52. The van der Waals surface area contributed by atoms with Crippen molar-refractivity contribution in [3.63, 3.8) is 0 Å². The molecule has 18 heavy (non-hydrogen) atoms. The minimum atomic E-state index is -4.69. The topological polar surface area (TPSA) is 35.2 Å². The fraction of sp³-hybridized carbons (Fsp3) is 0.400. The largest absolute Gasteiger partial charge is 0.461 e. The molecule has 0 heterocycles. The second-order valence-electron chi connectivity index (χ2n) is 3.40. The van der Waals surface area contributed by atoms with E-state index >= 15 is 0 Å². The lowest BCUT2D eigenvalue weighted by Gasteiger charge is -2.18. The smallest absolute Gasteiger partial charge is 0.428 e. The molecule has 8 heteroatoms. The highest BCUT2D eigenvalue weighted by Gasteiger charge is 2.44. The van der Waals surface area contributed by atoms with E-state index in [4.69, 9.17) is 5.73 Å². The summed E-state index contributed by atoms with van der Waals surface area (Å²) in [5.74, 6) is -0.658. The zero-order chi connectivity index (χ0) is 13.9. The first-order chi connectivity index (χ1) is 8.24. The van der Waals surface area contributed by atoms with Crippen molar-refractivity contribution in [1.29, 1.82) is 0 Å². The maximum Gasteiger partial charge on any atom is 0.461 e. The summed E-state index contributed by atoms with van der Waals surface area (Å²) in [4.78, 5) is 0. The summed E-state index contributed by atoms with van der Waals surface area (Å²) in [5.41, 5.74) is 4.90. The van der Waals surface area contributed by atoms with Crippen LogP contribution in [0.2, 0.25) is 0 Å². The summed E-state index contributed by atoms with van der Waals surface area (Å²) >= 11 is 0. The zero-order valence-corrected chi connectivity index (χ0v) is 8.79. The summed E-state index contributed by atoms with van der Waals surface area (Å²) in [5, 5.41) is 0. The standard InChI is InChI=1S/C10H9F6NO/c11-8(12)7(17)5-2-1-3-6(4-5)18-10(15,16)9(13)14/h1-4,7-9H,17H2/t7-/m0/s1. The fourth-order valence-corrected chi connectivity index (χ4v) is 1.13. The van der Waals surface area contributed by atoms with Gasteiger partial charge in [0, 0.05) is 0 Å². The number of ether oxygens (including phenoxy) is 1. The lowest BCUT2D eigenvalue weighted by molar-refractivity contribution is -0.253. The van der Waals surface area contributed by atoms with Gasteiger partial charge in [0.15, 0.2) is 0 Å². The molecule has 2 N–H and O–H groups in total. The fourth-order valence-electron chi connectivity index (χ4n) is 1.13. The molecule has 0 aliphatic heterocycles. The van der Waals surface area contributed by atoms with Gasteiger partial charge in [0.1, 0.15) is 5.75 Å². The van der Waals surface area contributed by atoms with Gasteiger partial charge in [-0.25, -0.2) is 8.78 Å². The van der Waals surface area contributed by atoms with Crippen LogP contribution >= 0.6 is 0 Å². The summed E-state index contributed by atoms with van der Waals surface area (Å²) < 4.78 is 77.2. The predicted molar refractivity (Wildman–Crippen MR) is 51.0 cm³/mol. The number of hydrogen-bond acceptors (Lipinski definition) is 2. The van der Waals surface area contributed by atoms with Gasteiger partial charge in [-0.3, -0.25) is 0 Å². The van der Waals surface area contributed by atoms with Gasteiger partial charge in [-0.2, -0.15) is 17.6 Å². The lowest BCUT2D eigenvalue weighted by atomic mass is 10.1. The second kappa shape index (κ2) is 5.47. The van der Waals surface area contributed by atoms with E-state index in [-0.39, 0.29) is 5.56 Å². The molecule has 102 valence electrons. The molecule has 0 saturated heterocycles. The average Bonchev–Trinajstić information content (AvgIpc) is 2.27. The van der Waals surface area contributed by atoms with Gasteiger partial charge >= 0.3 is 12.5 Å². The predicted octanol–water partition coefficient (Wildman–Crippen LogP) is 3.19. The third-order valence-corrected chi connectivity index (χ3v) is 2.02. The summed E-state index contributed by atoms with van der Waals surface area (Å²) in [6, 6.07) is 2.28. The highest BCUT2D eigenvalue weighted by Crippen LogP contribution is 2.29. The molecule has 0 fully saturated rings. The summed E-state index contributed by atoms with van der Waals surface area (Å²) in [6.07, 6.45) is -11.6. The molecule has 2 nitrogen and oxygen atoms in total.